The number of carbonyl (C=O) groups excluding carboxylic acids is 1. The van der Waals surface area contributed by atoms with Gasteiger partial charge in [0.15, 0.2) is 23.0 Å². The number of hydrogen-bond acceptors (Lipinski definition) is 7. The lowest BCUT2D eigenvalue weighted by Crippen LogP contribution is -2.43. The second-order valence-electron chi connectivity index (χ2n) is 9.11. The molecule has 0 aliphatic carbocycles. The zero-order chi connectivity index (χ0) is 27.1. The van der Waals surface area contributed by atoms with Crippen molar-refractivity contribution in [2.75, 3.05) is 48.6 Å². The van der Waals surface area contributed by atoms with E-state index in [0.29, 0.717) is 48.3 Å². The summed E-state index contributed by atoms with van der Waals surface area (Å²) < 4.78 is 28.2. The Bertz CT molecular complexity index is 1250. The molecule has 1 heterocycles. The van der Waals surface area contributed by atoms with Gasteiger partial charge in [-0.3, -0.25) is 9.69 Å². The maximum atomic E-state index is 13.1. The molecule has 0 saturated carbocycles. The smallest absolute Gasteiger partial charge is 0.234 e. The van der Waals surface area contributed by atoms with Crippen LogP contribution in [-0.4, -0.2) is 59.4 Å². The molecule has 8 heteroatoms. The van der Waals surface area contributed by atoms with Gasteiger partial charge in [0.2, 0.25) is 11.7 Å². The normalized spacial score (nSPS) is 14.8. The summed E-state index contributed by atoms with van der Waals surface area (Å²) in [5.74, 6) is 3.09. The first-order chi connectivity index (χ1) is 18.5. The molecule has 0 spiro atoms. The standard InChI is InChI=1S/C30H36N2O6/c1-34-24-12-11-21(16-25(24)35-2)15-23-28-22(17-26(36-3)29(37-4)30(28)38-5)13-14-32(23)19-27(33)31-18-20-9-7-6-8-10-20/h6-12,16-17,23H,13-15,18-19H2,1-5H3,(H,31,33). The highest BCUT2D eigenvalue weighted by atomic mass is 16.5. The number of nitrogens with zero attached hydrogens (tertiary/aromatic N) is 1. The number of fused-ring (bicyclic) bond motifs is 1. The highest BCUT2D eigenvalue weighted by Gasteiger charge is 2.35. The Morgan fingerprint density at radius 1 is 0.816 bits per heavy atom. The lowest BCUT2D eigenvalue weighted by atomic mass is 9.87. The van der Waals surface area contributed by atoms with E-state index in [4.69, 9.17) is 23.7 Å². The number of ether oxygens (including phenoxy) is 5. The van der Waals surface area contributed by atoms with Gasteiger partial charge in [0.25, 0.3) is 0 Å². The molecule has 0 fully saturated rings. The fourth-order valence-electron chi connectivity index (χ4n) is 5.09. The third-order valence-electron chi connectivity index (χ3n) is 6.95. The van der Waals surface area contributed by atoms with E-state index in [1.807, 2.05) is 54.6 Å². The average molecular weight is 521 g/mol. The minimum atomic E-state index is -0.144. The summed E-state index contributed by atoms with van der Waals surface area (Å²) in [6.45, 7) is 1.45. The van der Waals surface area contributed by atoms with Crippen molar-refractivity contribution in [2.24, 2.45) is 0 Å². The van der Waals surface area contributed by atoms with Crippen LogP contribution in [0.25, 0.3) is 0 Å². The predicted octanol–water partition coefficient (Wildman–Crippen LogP) is 4.19. The Hall–Kier alpha value is -3.91. The molecule has 1 atom stereocenters. The van der Waals surface area contributed by atoms with Crippen molar-refractivity contribution in [2.45, 2.75) is 25.4 Å². The first kappa shape index (κ1) is 27.1. The quantitative estimate of drug-likeness (QED) is 0.406. The molecule has 3 aromatic rings. The van der Waals surface area contributed by atoms with Crippen LogP contribution in [0.15, 0.2) is 54.6 Å². The van der Waals surface area contributed by atoms with Gasteiger partial charge < -0.3 is 29.0 Å². The van der Waals surface area contributed by atoms with Crippen LogP contribution in [0.5, 0.6) is 28.7 Å². The molecule has 1 aliphatic heterocycles. The number of hydrogen-bond donors (Lipinski definition) is 1. The maximum absolute atomic E-state index is 13.1. The minimum Gasteiger partial charge on any atom is -0.493 e. The molecule has 4 rings (SSSR count). The summed E-state index contributed by atoms with van der Waals surface area (Å²) >= 11 is 0. The molecule has 38 heavy (non-hydrogen) atoms. The van der Waals surface area contributed by atoms with Crippen LogP contribution in [0.4, 0.5) is 0 Å². The molecule has 3 aromatic carbocycles. The third-order valence-corrected chi connectivity index (χ3v) is 6.95. The molecule has 0 aromatic heterocycles. The Labute approximate surface area is 224 Å². The van der Waals surface area contributed by atoms with Crippen LogP contribution >= 0.6 is 0 Å². The zero-order valence-corrected chi connectivity index (χ0v) is 22.7. The van der Waals surface area contributed by atoms with Crippen molar-refractivity contribution in [3.05, 3.63) is 76.9 Å². The molecule has 202 valence electrons. The van der Waals surface area contributed by atoms with Crippen molar-refractivity contribution in [3.63, 3.8) is 0 Å². The van der Waals surface area contributed by atoms with Crippen molar-refractivity contribution in [1.82, 2.24) is 10.2 Å². The van der Waals surface area contributed by atoms with E-state index < -0.39 is 0 Å². The Kier molecular flexibility index (Phi) is 8.97. The molecule has 0 radical (unpaired) electrons. The van der Waals surface area contributed by atoms with Crippen LogP contribution in [0, 0.1) is 0 Å². The van der Waals surface area contributed by atoms with Gasteiger partial charge in [-0.1, -0.05) is 36.4 Å². The molecule has 1 N–H and O–H groups in total. The number of carbonyl (C=O) groups is 1. The van der Waals surface area contributed by atoms with E-state index in [-0.39, 0.29) is 18.5 Å². The molecule has 1 unspecified atom stereocenters. The second-order valence-corrected chi connectivity index (χ2v) is 9.11. The van der Waals surface area contributed by atoms with Crippen LogP contribution in [-0.2, 0) is 24.2 Å². The zero-order valence-electron chi connectivity index (χ0n) is 22.7. The topological polar surface area (TPSA) is 78.5 Å². The Morgan fingerprint density at radius 3 is 2.18 bits per heavy atom. The second kappa shape index (κ2) is 12.6. The van der Waals surface area contributed by atoms with Crippen molar-refractivity contribution in [3.8, 4) is 28.7 Å². The Balaban J connectivity index is 1.69. The van der Waals surface area contributed by atoms with Gasteiger partial charge >= 0.3 is 0 Å². The minimum absolute atomic E-state index is 0.0333. The summed E-state index contributed by atoms with van der Waals surface area (Å²) in [6, 6.07) is 17.7. The van der Waals surface area contributed by atoms with Gasteiger partial charge in [-0.25, -0.2) is 0 Å². The van der Waals surface area contributed by atoms with Crippen LogP contribution in [0.1, 0.15) is 28.3 Å². The summed E-state index contributed by atoms with van der Waals surface area (Å²) in [4.78, 5) is 15.3. The van der Waals surface area contributed by atoms with Crippen molar-refractivity contribution >= 4 is 5.91 Å². The van der Waals surface area contributed by atoms with E-state index in [9.17, 15) is 4.79 Å². The fourth-order valence-corrected chi connectivity index (χ4v) is 5.09. The van der Waals surface area contributed by atoms with Crippen molar-refractivity contribution < 1.29 is 28.5 Å². The maximum Gasteiger partial charge on any atom is 0.234 e. The van der Waals surface area contributed by atoms with E-state index >= 15 is 0 Å². The first-order valence-corrected chi connectivity index (χ1v) is 12.6. The van der Waals surface area contributed by atoms with Gasteiger partial charge in [0.05, 0.1) is 42.1 Å². The molecule has 8 nitrogen and oxygen atoms in total. The number of methoxy groups -OCH3 is 5. The molecular weight excluding hydrogens is 484 g/mol. The van der Waals surface area contributed by atoms with Gasteiger partial charge in [0, 0.05) is 24.7 Å². The number of rotatable bonds is 11. The van der Waals surface area contributed by atoms with Crippen LogP contribution in [0.2, 0.25) is 0 Å². The van der Waals surface area contributed by atoms with Crippen LogP contribution < -0.4 is 29.0 Å². The van der Waals surface area contributed by atoms with Gasteiger partial charge in [0.1, 0.15) is 0 Å². The predicted molar refractivity (Wildman–Crippen MR) is 146 cm³/mol. The van der Waals surface area contributed by atoms with Crippen LogP contribution in [0.3, 0.4) is 0 Å². The largest absolute Gasteiger partial charge is 0.493 e. The fraction of sp³-hybridized carbons (Fsp3) is 0.367. The molecule has 1 amide bonds. The lowest BCUT2D eigenvalue weighted by molar-refractivity contribution is -0.123. The highest BCUT2D eigenvalue weighted by molar-refractivity contribution is 5.78. The summed E-state index contributed by atoms with van der Waals surface area (Å²) in [6.07, 6.45) is 1.38. The molecule has 0 saturated heterocycles. The third kappa shape index (κ3) is 5.81. The first-order valence-electron chi connectivity index (χ1n) is 12.6. The number of nitrogens with one attached hydrogen (secondary N) is 1. The lowest BCUT2D eigenvalue weighted by Gasteiger charge is -2.38. The van der Waals surface area contributed by atoms with E-state index in [2.05, 4.69) is 10.2 Å². The highest BCUT2D eigenvalue weighted by Crippen LogP contribution is 2.48. The number of amides is 1. The van der Waals surface area contributed by atoms with E-state index in [0.717, 1.165) is 28.7 Å². The number of benzene rings is 3. The Morgan fingerprint density at radius 2 is 1.53 bits per heavy atom. The molecule has 0 bridgehead atoms. The average Bonchev–Trinajstić information content (AvgIpc) is 2.96. The SMILES string of the molecule is COc1ccc(CC2c3c(cc(OC)c(OC)c3OC)CCN2CC(=O)NCc2ccccc2)cc1OC. The summed E-state index contributed by atoms with van der Waals surface area (Å²) in [7, 11) is 8.11. The van der Waals surface area contributed by atoms with Gasteiger partial charge in [-0.05, 0) is 47.7 Å². The monoisotopic (exact) mass is 520 g/mol. The van der Waals surface area contributed by atoms with E-state index in [1.165, 1.54) is 0 Å². The van der Waals surface area contributed by atoms with Crippen molar-refractivity contribution in [1.29, 1.82) is 0 Å². The van der Waals surface area contributed by atoms with Gasteiger partial charge in [-0.2, -0.15) is 0 Å². The molecular formula is C30H36N2O6. The molecule has 1 aliphatic rings. The van der Waals surface area contributed by atoms with Gasteiger partial charge in [-0.15, -0.1) is 0 Å². The van der Waals surface area contributed by atoms with E-state index in [1.54, 1.807) is 35.5 Å². The summed E-state index contributed by atoms with van der Waals surface area (Å²) in [5, 5.41) is 3.06. The summed E-state index contributed by atoms with van der Waals surface area (Å²) in [5.41, 5.74) is 4.23.